The van der Waals surface area contributed by atoms with Crippen molar-refractivity contribution in [3.63, 3.8) is 0 Å². The lowest BCUT2D eigenvalue weighted by atomic mass is 9.92. The van der Waals surface area contributed by atoms with Crippen molar-refractivity contribution in [1.82, 2.24) is 0 Å². The second-order valence-corrected chi connectivity index (χ2v) is 10.4. The number of aliphatic hydroxyl groups excluding tert-OH is 1. The van der Waals surface area contributed by atoms with Crippen LogP contribution >= 0.6 is 0 Å². The normalized spacial score (nSPS) is 14.8. The predicted octanol–water partition coefficient (Wildman–Crippen LogP) is 5.95. The molecule has 7 heteroatoms. The first kappa shape index (κ1) is 28.3. The SMILES string of the molecule is CC(C)=CCCC(C)(O)CCC/C(C)=C/CN1C(=O)c2cccc(O)c2Nc2c(O)cc(CCO)cc21. The van der Waals surface area contributed by atoms with Gasteiger partial charge in [0.25, 0.3) is 5.91 Å². The summed E-state index contributed by atoms with van der Waals surface area (Å²) in [7, 11) is 0. The monoisotopic (exact) mass is 508 g/mol. The Hall–Kier alpha value is -3.29. The third-order valence-electron chi connectivity index (χ3n) is 6.76. The van der Waals surface area contributed by atoms with Crippen molar-refractivity contribution >= 4 is 23.0 Å². The van der Waals surface area contributed by atoms with Gasteiger partial charge in [0.15, 0.2) is 0 Å². The van der Waals surface area contributed by atoms with E-state index < -0.39 is 5.60 Å². The summed E-state index contributed by atoms with van der Waals surface area (Å²) >= 11 is 0. The number of para-hydroxylation sites is 1. The average Bonchev–Trinajstić information content (AvgIpc) is 2.93. The fourth-order valence-electron chi connectivity index (χ4n) is 4.59. The lowest BCUT2D eigenvalue weighted by molar-refractivity contribution is 0.0410. The number of carbonyl (C=O) groups is 1. The van der Waals surface area contributed by atoms with Crippen LogP contribution in [0.2, 0.25) is 0 Å². The number of hydrogen-bond acceptors (Lipinski definition) is 6. The maximum absolute atomic E-state index is 13.6. The molecule has 3 rings (SSSR count). The number of fused-ring (bicyclic) bond motifs is 2. The summed E-state index contributed by atoms with van der Waals surface area (Å²) < 4.78 is 0. The molecule has 1 atom stereocenters. The van der Waals surface area contributed by atoms with Crippen LogP contribution in [0.15, 0.2) is 53.6 Å². The molecule has 37 heavy (non-hydrogen) atoms. The standard InChI is InChI=1S/C30H40N2O5/c1-20(2)8-6-14-30(4,37)15-7-9-21(3)12-16-32-24-18-22(13-17-33)19-26(35)28(24)31-27-23(29(32)36)10-5-11-25(27)34/h5,8,10-12,18-19,31,33-35,37H,6-7,9,13-17H2,1-4H3/b21-12+. The third kappa shape index (κ3) is 7.37. The molecule has 5 N–H and O–H groups in total. The molecule has 1 aliphatic heterocycles. The van der Waals surface area contributed by atoms with Crippen LogP contribution in [0.25, 0.3) is 0 Å². The molecule has 0 aromatic heterocycles. The van der Waals surface area contributed by atoms with Crippen molar-refractivity contribution in [2.24, 2.45) is 0 Å². The number of nitrogens with zero attached hydrogens (tertiary/aromatic N) is 1. The van der Waals surface area contributed by atoms with E-state index in [1.165, 1.54) is 11.6 Å². The molecule has 1 heterocycles. The number of aromatic hydroxyl groups is 2. The molecule has 0 aliphatic carbocycles. The fourth-order valence-corrected chi connectivity index (χ4v) is 4.59. The van der Waals surface area contributed by atoms with Crippen molar-refractivity contribution in [3.05, 3.63) is 64.8 Å². The lowest BCUT2D eigenvalue weighted by Gasteiger charge is -2.24. The number of phenols is 2. The highest BCUT2D eigenvalue weighted by Gasteiger charge is 2.30. The topological polar surface area (TPSA) is 113 Å². The smallest absolute Gasteiger partial charge is 0.260 e. The van der Waals surface area contributed by atoms with Crippen LogP contribution in [-0.4, -0.2) is 45.1 Å². The number of allylic oxidation sites excluding steroid dienone is 3. The van der Waals surface area contributed by atoms with E-state index in [4.69, 9.17) is 0 Å². The second kappa shape index (κ2) is 12.3. The fraction of sp³-hybridized carbons (Fsp3) is 0.433. The van der Waals surface area contributed by atoms with E-state index >= 15 is 0 Å². The lowest BCUT2D eigenvalue weighted by Crippen LogP contribution is -2.30. The Kier molecular flexibility index (Phi) is 9.40. The molecular weight excluding hydrogens is 468 g/mol. The summed E-state index contributed by atoms with van der Waals surface area (Å²) in [5, 5.41) is 44.3. The largest absolute Gasteiger partial charge is 0.506 e. The number of amides is 1. The van der Waals surface area contributed by atoms with Crippen molar-refractivity contribution < 1.29 is 25.2 Å². The summed E-state index contributed by atoms with van der Waals surface area (Å²) in [5.74, 6) is -0.448. The van der Waals surface area contributed by atoms with Crippen molar-refractivity contribution in [2.45, 2.75) is 71.8 Å². The van der Waals surface area contributed by atoms with E-state index in [2.05, 4.69) is 25.2 Å². The quantitative estimate of drug-likeness (QED) is 0.189. The van der Waals surface area contributed by atoms with Gasteiger partial charge in [0.2, 0.25) is 0 Å². The average molecular weight is 509 g/mol. The van der Waals surface area contributed by atoms with Crippen molar-refractivity contribution in [1.29, 1.82) is 0 Å². The van der Waals surface area contributed by atoms with E-state index in [-0.39, 0.29) is 36.2 Å². The van der Waals surface area contributed by atoms with Crippen molar-refractivity contribution in [3.8, 4) is 11.5 Å². The summed E-state index contributed by atoms with van der Waals surface area (Å²) in [6.45, 7) is 8.20. The molecule has 0 saturated heterocycles. The maximum Gasteiger partial charge on any atom is 0.260 e. The van der Waals surface area contributed by atoms with Crippen LogP contribution in [-0.2, 0) is 6.42 Å². The number of hydrogen-bond donors (Lipinski definition) is 5. The molecule has 2 aromatic rings. The third-order valence-corrected chi connectivity index (χ3v) is 6.76. The number of aliphatic hydroxyl groups is 2. The molecule has 2 aromatic carbocycles. The van der Waals surface area contributed by atoms with Gasteiger partial charge in [-0.05, 0) is 96.0 Å². The minimum absolute atomic E-state index is 0.0640. The Bertz CT molecular complexity index is 1180. The summed E-state index contributed by atoms with van der Waals surface area (Å²) in [6, 6.07) is 8.09. The van der Waals surface area contributed by atoms with E-state index in [0.29, 0.717) is 35.3 Å². The first-order valence-corrected chi connectivity index (χ1v) is 12.9. The van der Waals surface area contributed by atoms with Gasteiger partial charge in [-0.3, -0.25) is 4.79 Å². The molecule has 0 spiro atoms. The number of rotatable bonds is 11. The highest BCUT2D eigenvalue weighted by atomic mass is 16.3. The minimum atomic E-state index is -0.718. The summed E-state index contributed by atoms with van der Waals surface area (Å²) in [4.78, 5) is 15.2. The van der Waals surface area contributed by atoms with Gasteiger partial charge in [0.05, 0.1) is 22.5 Å². The van der Waals surface area contributed by atoms with Crippen LogP contribution in [0.3, 0.4) is 0 Å². The number of benzene rings is 2. The van der Waals surface area contributed by atoms with Gasteiger partial charge >= 0.3 is 0 Å². The Morgan fingerprint density at radius 2 is 1.81 bits per heavy atom. The first-order valence-electron chi connectivity index (χ1n) is 12.9. The minimum Gasteiger partial charge on any atom is -0.506 e. The van der Waals surface area contributed by atoms with E-state index in [9.17, 15) is 25.2 Å². The van der Waals surface area contributed by atoms with Crippen molar-refractivity contribution in [2.75, 3.05) is 23.4 Å². The van der Waals surface area contributed by atoms with Crippen LogP contribution in [0, 0.1) is 0 Å². The van der Waals surface area contributed by atoms with Gasteiger partial charge in [-0.1, -0.05) is 29.4 Å². The van der Waals surface area contributed by atoms with Crippen LogP contribution in [0.1, 0.15) is 75.7 Å². The number of phenolic OH excluding ortho intramolecular Hbond substituents is 2. The van der Waals surface area contributed by atoms with Crippen LogP contribution < -0.4 is 10.2 Å². The van der Waals surface area contributed by atoms with E-state index in [0.717, 1.165) is 31.3 Å². The molecule has 0 fully saturated rings. The number of nitrogens with one attached hydrogen (secondary N) is 1. The van der Waals surface area contributed by atoms with Gasteiger partial charge in [-0.15, -0.1) is 0 Å². The Morgan fingerprint density at radius 1 is 1.05 bits per heavy atom. The first-order chi connectivity index (χ1) is 17.5. The van der Waals surface area contributed by atoms with E-state index in [1.54, 1.807) is 29.2 Å². The molecule has 0 saturated carbocycles. The molecule has 0 radical (unpaired) electrons. The van der Waals surface area contributed by atoms with Gasteiger partial charge in [0, 0.05) is 13.2 Å². The molecule has 200 valence electrons. The molecular formula is C30H40N2O5. The van der Waals surface area contributed by atoms with Gasteiger partial charge in [-0.25, -0.2) is 0 Å². The molecule has 1 aliphatic rings. The highest BCUT2D eigenvalue weighted by molar-refractivity contribution is 6.15. The molecule has 7 nitrogen and oxygen atoms in total. The predicted molar refractivity (Wildman–Crippen MR) is 149 cm³/mol. The Morgan fingerprint density at radius 3 is 2.51 bits per heavy atom. The zero-order chi connectivity index (χ0) is 27.2. The van der Waals surface area contributed by atoms with Crippen LogP contribution in [0.4, 0.5) is 17.1 Å². The van der Waals surface area contributed by atoms with Gasteiger partial charge in [-0.2, -0.15) is 0 Å². The summed E-state index contributed by atoms with van der Waals surface area (Å²) in [6.07, 6.45) is 8.36. The summed E-state index contributed by atoms with van der Waals surface area (Å²) in [5.41, 5.74) is 3.69. The van der Waals surface area contributed by atoms with Crippen LogP contribution in [0.5, 0.6) is 11.5 Å². The zero-order valence-electron chi connectivity index (χ0n) is 22.3. The molecule has 1 unspecified atom stereocenters. The Balaban J connectivity index is 1.81. The molecule has 0 bridgehead atoms. The van der Waals surface area contributed by atoms with Gasteiger partial charge in [0.1, 0.15) is 17.2 Å². The maximum atomic E-state index is 13.6. The Labute approximate surface area is 219 Å². The van der Waals surface area contributed by atoms with Gasteiger partial charge < -0.3 is 30.6 Å². The van der Waals surface area contributed by atoms with E-state index in [1.807, 2.05) is 19.9 Å². The second-order valence-electron chi connectivity index (χ2n) is 10.4. The zero-order valence-corrected chi connectivity index (χ0v) is 22.3. The number of carbonyl (C=O) groups excluding carboxylic acids is 1. The highest BCUT2D eigenvalue weighted by Crippen LogP contribution is 2.44. The number of anilines is 3. The molecule has 1 amide bonds.